The lowest BCUT2D eigenvalue weighted by Gasteiger charge is -2.26. The second-order valence-corrected chi connectivity index (χ2v) is 7.48. The molecule has 0 aromatic carbocycles. The molecule has 3 rings (SSSR count). The summed E-state index contributed by atoms with van der Waals surface area (Å²) < 4.78 is 0. The highest BCUT2D eigenvalue weighted by Gasteiger charge is 2.35. The zero-order chi connectivity index (χ0) is 12.2. The average molecular weight is 248 g/mol. The second kappa shape index (κ2) is 6.44. The minimum absolute atomic E-state index is 1.12. The summed E-state index contributed by atoms with van der Waals surface area (Å²) in [7, 11) is 0. The van der Waals surface area contributed by atoms with Gasteiger partial charge in [-0.3, -0.25) is 0 Å². The lowest BCUT2D eigenvalue weighted by Crippen LogP contribution is -2.15. The van der Waals surface area contributed by atoms with Crippen LogP contribution < -0.4 is 0 Å². The predicted molar refractivity (Wildman–Crippen MR) is 78.6 cm³/mol. The van der Waals surface area contributed by atoms with Crippen molar-refractivity contribution in [2.24, 2.45) is 23.7 Å². The van der Waals surface area contributed by atoms with E-state index in [1.54, 1.807) is 44.9 Å². The Kier molecular flexibility index (Phi) is 4.65. The Morgan fingerprint density at radius 2 is 0.722 bits per heavy atom. The van der Waals surface area contributed by atoms with E-state index in [-0.39, 0.29) is 0 Å². The molecule has 0 N–H and O–H groups in total. The van der Waals surface area contributed by atoms with Gasteiger partial charge in [0.2, 0.25) is 0 Å². The van der Waals surface area contributed by atoms with Crippen LogP contribution in [-0.4, -0.2) is 0 Å². The lowest BCUT2D eigenvalue weighted by atomic mass is 9.79. The third-order valence-electron chi connectivity index (χ3n) is 6.40. The first-order valence-corrected chi connectivity index (χ1v) is 8.93. The van der Waals surface area contributed by atoms with Crippen molar-refractivity contribution in [1.29, 1.82) is 0 Å². The fourth-order valence-corrected chi connectivity index (χ4v) is 5.30. The summed E-state index contributed by atoms with van der Waals surface area (Å²) in [5.41, 5.74) is 0. The number of rotatable bonds is 2. The van der Waals surface area contributed by atoms with E-state index in [1.807, 2.05) is 0 Å². The molecule has 0 heteroatoms. The van der Waals surface area contributed by atoms with Gasteiger partial charge in [-0.05, 0) is 42.9 Å². The van der Waals surface area contributed by atoms with Crippen LogP contribution in [0.5, 0.6) is 0 Å². The summed E-state index contributed by atoms with van der Waals surface area (Å²) in [6.07, 6.45) is 21.8. The molecule has 0 aliphatic heterocycles. The van der Waals surface area contributed by atoms with Crippen LogP contribution in [0.15, 0.2) is 0 Å². The fraction of sp³-hybridized carbons (Fsp3) is 1.00. The van der Waals surface area contributed by atoms with E-state index in [1.165, 1.54) is 44.9 Å². The summed E-state index contributed by atoms with van der Waals surface area (Å²) in [6.45, 7) is 0. The van der Waals surface area contributed by atoms with Crippen molar-refractivity contribution in [2.45, 2.75) is 89.9 Å². The van der Waals surface area contributed by atoms with Crippen LogP contribution >= 0.6 is 0 Å². The SMILES string of the molecule is C1CCCC(C2CCC(C3CCCC3)C2)CCC1. The first kappa shape index (κ1) is 13.0. The molecule has 3 aliphatic rings. The lowest BCUT2D eigenvalue weighted by molar-refractivity contribution is 0.249. The molecule has 18 heavy (non-hydrogen) atoms. The maximum absolute atomic E-state index is 1.62. The predicted octanol–water partition coefficient (Wildman–Crippen LogP) is 5.95. The number of hydrogen-bond donors (Lipinski definition) is 0. The van der Waals surface area contributed by atoms with Crippen molar-refractivity contribution in [3.05, 3.63) is 0 Å². The summed E-state index contributed by atoms with van der Waals surface area (Å²) in [6, 6.07) is 0. The van der Waals surface area contributed by atoms with Gasteiger partial charge in [0.25, 0.3) is 0 Å². The van der Waals surface area contributed by atoms with Crippen LogP contribution in [0.4, 0.5) is 0 Å². The Labute approximate surface area is 114 Å². The first-order chi connectivity index (χ1) is 8.93. The smallest absolute Gasteiger partial charge is 0.0383 e. The molecule has 104 valence electrons. The van der Waals surface area contributed by atoms with Gasteiger partial charge >= 0.3 is 0 Å². The van der Waals surface area contributed by atoms with Crippen LogP contribution in [0.1, 0.15) is 89.9 Å². The molecule has 0 aromatic heterocycles. The summed E-state index contributed by atoms with van der Waals surface area (Å²) in [5.74, 6) is 4.54. The third-order valence-corrected chi connectivity index (χ3v) is 6.40. The minimum Gasteiger partial charge on any atom is -0.0533 e. The molecular weight excluding hydrogens is 216 g/mol. The molecule has 0 spiro atoms. The molecule has 0 amide bonds. The first-order valence-electron chi connectivity index (χ1n) is 8.93. The molecule has 0 nitrogen and oxygen atoms in total. The highest BCUT2D eigenvalue weighted by Crippen LogP contribution is 2.47. The van der Waals surface area contributed by atoms with E-state index >= 15 is 0 Å². The molecule has 0 bridgehead atoms. The van der Waals surface area contributed by atoms with Crippen molar-refractivity contribution >= 4 is 0 Å². The van der Waals surface area contributed by atoms with E-state index in [2.05, 4.69) is 0 Å². The summed E-state index contributed by atoms with van der Waals surface area (Å²) >= 11 is 0. The highest BCUT2D eigenvalue weighted by molar-refractivity contribution is 4.86. The van der Waals surface area contributed by atoms with Gasteiger partial charge in [0, 0.05) is 0 Å². The van der Waals surface area contributed by atoms with Gasteiger partial charge in [-0.1, -0.05) is 70.6 Å². The van der Waals surface area contributed by atoms with E-state index in [0.717, 1.165) is 23.7 Å². The second-order valence-electron chi connectivity index (χ2n) is 7.48. The molecule has 2 unspecified atom stereocenters. The maximum Gasteiger partial charge on any atom is -0.0383 e. The van der Waals surface area contributed by atoms with Gasteiger partial charge < -0.3 is 0 Å². The topological polar surface area (TPSA) is 0 Å². The van der Waals surface area contributed by atoms with Crippen molar-refractivity contribution in [3.63, 3.8) is 0 Å². The van der Waals surface area contributed by atoms with Gasteiger partial charge in [0.05, 0.1) is 0 Å². The van der Waals surface area contributed by atoms with Crippen LogP contribution in [-0.2, 0) is 0 Å². The standard InChI is InChI=1S/C18H32/c1-2-4-8-15(9-5-3-1)17-12-13-18(14-17)16-10-6-7-11-16/h15-18H,1-14H2. The monoisotopic (exact) mass is 248 g/mol. The Balaban J connectivity index is 1.50. The van der Waals surface area contributed by atoms with Gasteiger partial charge in [-0.2, -0.15) is 0 Å². The average Bonchev–Trinajstić information content (AvgIpc) is 2.98. The molecule has 3 aliphatic carbocycles. The van der Waals surface area contributed by atoms with Crippen LogP contribution in [0.25, 0.3) is 0 Å². The Morgan fingerprint density at radius 3 is 1.22 bits per heavy atom. The quantitative estimate of drug-likeness (QED) is 0.566. The number of hydrogen-bond acceptors (Lipinski definition) is 0. The zero-order valence-corrected chi connectivity index (χ0v) is 12.2. The Morgan fingerprint density at radius 1 is 0.333 bits per heavy atom. The van der Waals surface area contributed by atoms with Crippen molar-refractivity contribution in [1.82, 2.24) is 0 Å². The van der Waals surface area contributed by atoms with E-state index in [9.17, 15) is 0 Å². The third kappa shape index (κ3) is 3.11. The molecule has 0 saturated heterocycles. The molecule has 2 atom stereocenters. The van der Waals surface area contributed by atoms with Crippen molar-refractivity contribution < 1.29 is 0 Å². The molecule has 3 fully saturated rings. The maximum atomic E-state index is 1.62. The fourth-order valence-electron chi connectivity index (χ4n) is 5.30. The van der Waals surface area contributed by atoms with E-state index in [4.69, 9.17) is 0 Å². The van der Waals surface area contributed by atoms with Crippen LogP contribution in [0.2, 0.25) is 0 Å². The van der Waals surface area contributed by atoms with E-state index in [0.29, 0.717) is 0 Å². The normalized spacial score (nSPS) is 36.7. The summed E-state index contributed by atoms with van der Waals surface area (Å²) in [4.78, 5) is 0. The Bertz CT molecular complexity index is 230. The molecule has 0 aromatic rings. The van der Waals surface area contributed by atoms with Gasteiger partial charge in [-0.15, -0.1) is 0 Å². The summed E-state index contributed by atoms with van der Waals surface area (Å²) in [5, 5.41) is 0. The molecule has 0 radical (unpaired) electrons. The minimum atomic E-state index is 1.12. The van der Waals surface area contributed by atoms with Gasteiger partial charge in [-0.25, -0.2) is 0 Å². The Hall–Kier alpha value is 0. The molecule has 0 heterocycles. The van der Waals surface area contributed by atoms with Crippen molar-refractivity contribution in [3.8, 4) is 0 Å². The van der Waals surface area contributed by atoms with Crippen molar-refractivity contribution in [2.75, 3.05) is 0 Å². The van der Waals surface area contributed by atoms with Gasteiger partial charge in [0.1, 0.15) is 0 Å². The van der Waals surface area contributed by atoms with E-state index < -0.39 is 0 Å². The molecular formula is C18H32. The van der Waals surface area contributed by atoms with Crippen LogP contribution in [0.3, 0.4) is 0 Å². The zero-order valence-electron chi connectivity index (χ0n) is 12.2. The van der Waals surface area contributed by atoms with Gasteiger partial charge in [0.15, 0.2) is 0 Å². The van der Waals surface area contributed by atoms with Crippen LogP contribution in [0, 0.1) is 23.7 Å². The molecule has 3 saturated carbocycles. The highest BCUT2D eigenvalue weighted by atomic mass is 14.4. The largest absolute Gasteiger partial charge is 0.0533 e.